The highest BCUT2D eigenvalue weighted by Gasteiger charge is 2.36. The van der Waals surface area contributed by atoms with Crippen molar-refractivity contribution in [3.8, 4) is 11.7 Å². The lowest BCUT2D eigenvalue weighted by Gasteiger charge is -2.34. The molecule has 0 aliphatic rings. The van der Waals surface area contributed by atoms with Crippen LogP contribution in [0.15, 0.2) is 28.7 Å². The Hall–Kier alpha value is -1.32. The minimum atomic E-state index is -1.81. The zero-order chi connectivity index (χ0) is 20.4. The topological polar surface area (TPSA) is 44.5 Å². The maximum atomic E-state index is 6.31. The van der Waals surface area contributed by atoms with Crippen LogP contribution in [-0.4, -0.2) is 31.7 Å². The number of benzene rings is 1. The van der Waals surface area contributed by atoms with E-state index in [1.54, 1.807) is 7.11 Å². The zero-order valence-corrected chi connectivity index (χ0v) is 20.1. The second-order valence-electron chi connectivity index (χ2n) is 8.43. The van der Waals surface area contributed by atoms with Gasteiger partial charge < -0.3 is 13.6 Å². The van der Waals surface area contributed by atoms with E-state index in [9.17, 15) is 0 Å². The average Bonchev–Trinajstić information content (AvgIpc) is 2.89. The predicted molar refractivity (Wildman–Crippen MR) is 117 cm³/mol. The van der Waals surface area contributed by atoms with E-state index in [1.807, 2.05) is 19.1 Å². The quantitative estimate of drug-likeness (QED) is 0.365. The third kappa shape index (κ3) is 5.58. The molecule has 1 aromatic carbocycles. The third-order valence-electron chi connectivity index (χ3n) is 4.31. The van der Waals surface area contributed by atoms with Crippen molar-refractivity contribution in [3.63, 3.8) is 0 Å². The highest BCUT2D eigenvalue weighted by Crippen LogP contribution is 2.62. The minimum absolute atomic E-state index is 0.176. The Balaban J connectivity index is 2.62. The largest absolute Gasteiger partial charge is 0.518 e. The number of nitrogens with zero attached hydrogens (tertiary/aromatic N) is 1. The number of aryl methyl sites for hydroxylation is 1. The van der Waals surface area contributed by atoms with Crippen molar-refractivity contribution in [3.05, 3.63) is 41.4 Å². The van der Waals surface area contributed by atoms with Crippen molar-refractivity contribution in [2.45, 2.75) is 71.2 Å². The maximum absolute atomic E-state index is 6.31. The van der Waals surface area contributed by atoms with Crippen LogP contribution in [0, 0.1) is 6.92 Å². The van der Waals surface area contributed by atoms with Crippen LogP contribution in [0.25, 0.3) is 0 Å². The summed E-state index contributed by atoms with van der Waals surface area (Å²) in [6, 6.07) is 8.38. The third-order valence-corrected chi connectivity index (χ3v) is 8.63. The molecule has 0 fully saturated rings. The summed E-state index contributed by atoms with van der Waals surface area (Å²) in [7, 11) is -0.497. The Bertz CT molecular complexity index is 727. The highest BCUT2D eigenvalue weighted by molar-refractivity contribution is 7.59. The number of rotatable bonds is 8. The van der Waals surface area contributed by atoms with Gasteiger partial charge >= 0.3 is 0 Å². The SMILES string of the molecule is COc1ccc(C(c2nc(C)oc2O[Si](C)(C)C)P(C(C)C)C(C)C)cc1. The fraction of sp³-hybridized carbons (Fsp3) is 0.571. The molecule has 0 bridgehead atoms. The van der Waals surface area contributed by atoms with Gasteiger partial charge in [0.2, 0.25) is 8.32 Å². The molecule has 1 unspecified atom stereocenters. The first kappa shape index (κ1) is 22.0. The first-order chi connectivity index (χ1) is 12.5. The monoisotopic (exact) mass is 407 g/mol. The summed E-state index contributed by atoms with van der Waals surface area (Å²) in [6.07, 6.45) is 0. The number of oxazole rings is 1. The Morgan fingerprint density at radius 3 is 2.00 bits per heavy atom. The summed E-state index contributed by atoms with van der Waals surface area (Å²) in [5, 5.41) is 0. The van der Waals surface area contributed by atoms with Gasteiger partial charge in [0, 0.05) is 6.92 Å². The van der Waals surface area contributed by atoms with E-state index in [0.717, 1.165) is 11.4 Å². The molecule has 0 aliphatic carbocycles. The Kier molecular flexibility index (Phi) is 7.15. The van der Waals surface area contributed by atoms with Gasteiger partial charge in [0.15, 0.2) is 5.89 Å². The predicted octanol–water partition coefficient (Wildman–Crippen LogP) is 6.59. The number of aromatic nitrogens is 1. The molecule has 6 heteroatoms. The van der Waals surface area contributed by atoms with Gasteiger partial charge in [0.25, 0.3) is 5.95 Å². The molecular formula is C21H34NO3PSi. The van der Waals surface area contributed by atoms with Gasteiger partial charge in [-0.1, -0.05) is 47.7 Å². The molecule has 1 atom stereocenters. The number of hydrogen-bond acceptors (Lipinski definition) is 4. The second-order valence-corrected chi connectivity index (χ2v) is 16.3. The maximum Gasteiger partial charge on any atom is 0.295 e. The summed E-state index contributed by atoms with van der Waals surface area (Å²) in [4.78, 5) is 4.82. The molecule has 0 amide bonds. The van der Waals surface area contributed by atoms with E-state index >= 15 is 0 Å². The average molecular weight is 408 g/mol. The van der Waals surface area contributed by atoms with Gasteiger partial charge in [-0.15, -0.1) is 0 Å². The number of ether oxygens (including phenoxy) is 1. The van der Waals surface area contributed by atoms with Crippen molar-refractivity contribution in [2.24, 2.45) is 0 Å². The molecule has 0 saturated carbocycles. The number of methoxy groups -OCH3 is 1. The lowest BCUT2D eigenvalue weighted by molar-refractivity contribution is 0.369. The molecule has 2 aromatic rings. The normalized spacial score (nSPS) is 13.5. The molecular weight excluding hydrogens is 373 g/mol. The van der Waals surface area contributed by atoms with Gasteiger partial charge in [-0.25, -0.2) is 4.98 Å². The lowest BCUT2D eigenvalue weighted by Crippen LogP contribution is -2.29. The molecule has 0 N–H and O–H groups in total. The van der Waals surface area contributed by atoms with Gasteiger partial charge in [-0.3, -0.25) is 0 Å². The van der Waals surface area contributed by atoms with Crippen molar-refractivity contribution in [2.75, 3.05) is 7.11 Å². The van der Waals surface area contributed by atoms with Crippen molar-refractivity contribution >= 4 is 16.2 Å². The van der Waals surface area contributed by atoms with Crippen molar-refractivity contribution in [1.29, 1.82) is 0 Å². The summed E-state index contributed by atoms with van der Waals surface area (Å²) < 4.78 is 17.6. The van der Waals surface area contributed by atoms with E-state index in [-0.39, 0.29) is 13.6 Å². The van der Waals surface area contributed by atoms with Crippen LogP contribution in [0.2, 0.25) is 19.6 Å². The summed E-state index contributed by atoms with van der Waals surface area (Å²) >= 11 is 0. The van der Waals surface area contributed by atoms with Crippen LogP contribution < -0.4 is 9.16 Å². The van der Waals surface area contributed by atoms with Crippen LogP contribution in [0.1, 0.15) is 50.5 Å². The van der Waals surface area contributed by atoms with Gasteiger partial charge in [0.05, 0.1) is 12.8 Å². The highest BCUT2D eigenvalue weighted by atomic mass is 31.1. The molecule has 0 radical (unpaired) electrons. The van der Waals surface area contributed by atoms with E-state index in [1.165, 1.54) is 5.56 Å². The molecule has 27 heavy (non-hydrogen) atoms. The molecule has 1 aromatic heterocycles. The molecule has 0 saturated heterocycles. The summed E-state index contributed by atoms with van der Waals surface area (Å²) in [5.41, 5.74) is 3.49. The fourth-order valence-corrected chi connectivity index (χ4v) is 7.45. The standard InChI is InChI=1S/C21H34NO3PSi/c1-14(2)26(15(3)4)20(17-10-12-18(23-6)13-11-17)19-21(24-16(5)22-19)25-27(7,8)9/h10-15,20H,1-9H3. The molecule has 1 heterocycles. The fourth-order valence-electron chi connectivity index (χ4n) is 3.40. The summed E-state index contributed by atoms with van der Waals surface area (Å²) in [6.45, 7) is 17.7. The zero-order valence-electron chi connectivity index (χ0n) is 18.2. The Labute approximate surface area is 166 Å². The first-order valence-corrected chi connectivity index (χ1v) is 14.6. The minimum Gasteiger partial charge on any atom is -0.518 e. The molecule has 150 valence electrons. The molecule has 4 nitrogen and oxygen atoms in total. The smallest absolute Gasteiger partial charge is 0.295 e. The lowest BCUT2D eigenvalue weighted by atomic mass is 10.1. The number of hydrogen-bond donors (Lipinski definition) is 0. The Morgan fingerprint density at radius 1 is 1.00 bits per heavy atom. The van der Waals surface area contributed by atoms with Crippen molar-refractivity contribution in [1.82, 2.24) is 4.98 Å². The van der Waals surface area contributed by atoms with Crippen LogP contribution in [0.5, 0.6) is 11.7 Å². The van der Waals surface area contributed by atoms with Crippen molar-refractivity contribution < 1.29 is 13.6 Å². The van der Waals surface area contributed by atoms with Crippen LogP contribution in [-0.2, 0) is 0 Å². The van der Waals surface area contributed by atoms with Crippen LogP contribution in [0.4, 0.5) is 0 Å². The van der Waals surface area contributed by atoms with E-state index in [0.29, 0.717) is 23.2 Å². The summed E-state index contributed by atoms with van der Waals surface area (Å²) in [5.74, 6) is 2.14. The second kappa shape index (κ2) is 8.79. The van der Waals surface area contributed by atoms with Crippen LogP contribution in [0.3, 0.4) is 0 Å². The van der Waals surface area contributed by atoms with E-state index in [2.05, 4.69) is 59.5 Å². The van der Waals surface area contributed by atoms with E-state index in [4.69, 9.17) is 18.6 Å². The Morgan fingerprint density at radius 2 is 1.56 bits per heavy atom. The van der Waals surface area contributed by atoms with Gasteiger partial charge in [-0.2, -0.15) is 0 Å². The van der Waals surface area contributed by atoms with Crippen LogP contribution >= 0.6 is 7.92 Å². The molecule has 0 spiro atoms. The van der Waals surface area contributed by atoms with Gasteiger partial charge in [-0.05, 0) is 48.7 Å². The molecule has 2 rings (SSSR count). The molecule has 0 aliphatic heterocycles. The van der Waals surface area contributed by atoms with Gasteiger partial charge in [0.1, 0.15) is 11.4 Å². The van der Waals surface area contributed by atoms with E-state index < -0.39 is 8.32 Å². The first-order valence-electron chi connectivity index (χ1n) is 9.61.